The van der Waals surface area contributed by atoms with Crippen molar-refractivity contribution in [2.24, 2.45) is 5.92 Å². The van der Waals surface area contributed by atoms with Crippen molar-refractivity contribution in [2.75, 3.05) is 20.1 Å². The van der Waals surface area contributed by atoms with Crippen LogP contribution in [-0.2, 0) is 13.0 Å². The number of nitrogens with zero attached hydrogens (tertiary/aromatic N) is 1. The highest BCUT2D eigenvalue weighted by Crippen LogP contribution is 2.09. The molecule has 0 aliphatic heterocycles. The highest BCUT2D eigenvalue weighted by Gasteiger charge is 2.02. The van der Waals surface area contributed by atoms with E-state index in [-0.39, 0.29) is 0 Å². The van der Waals surface area contributed by atoms with Crippen LogP contribution in [0.4, 0.5) is 0 Å². The number of unbranched alkanes of at least 4 members (excludes halogenated alkanes) is 1. The van der Waals surface area contributed by atoms with E-state index < -0.39 is 0 Å². The molecule has 2 heteroatoms. The summed E-state index contributed by atoms with van der Waals surface area (Å²) in [6, 6.07) is 9.72. The first-order chi connectivity index (χ1) is 9.99. The van der Waals surface area contributed by atoms with Gasteiger partial charge in [-0.25, -0.2) is 0 Å². The first-order valence-electron chi connectivity index (χ1n) is 8.47. The minimum atomic E-state index is 0.655. The second-order valence-electron chi connectivity index (χ2n) is 6.87. The molecule has 1 aromatic carbocycles. The maximum absolute atomic E-state index is 3.55. The number of nitrogens with one attached hydrogen (secondary N) is 1. The van der Waals surface area contributed by atoms with Gasteiger partial charge in [-0.2, -0.15) is 0 Å². The normalized spacial score (nSPS) is 11.8. The third-order valence-corrected chi connectivity index (χ3v) is 3.99. The lowest BCUT2D eigenvalue weighted by Gasteiger charge is -2.20. The SMILES string of the molecule is CC(C)Cc1ccc(CNCCCCN(C)C(C)C)cc1. The van der Waals surface area contributed by atoms with Gasteiger partial charge in [0.1, 0.15) is 0 Å². The van der Waals surface area contributed by atoms with Crippen molar-refractivity contribution < 1.29 is 0 Å². The molecular weight excluding hydrogens is 256 g/mol. The van der Waals surface area contributed by atoms with Crippen molar-refractivity contribution in [1.82, 2.24) is 10.2 Å². The second kappa shape index (κ2) is 9.97. The van der Waals surface area contributed by atoms with Crippen LogP contribution in [0.1, 0.15) is 51.7 Å². The fraction of sp³-hybridized carbons (Fsp3) is 0.684. The zero-order chi connectivity index (χ0) is 15.7. The Balaban J connectivity index is 2.12. The topological polar surface area (TPSA) is 15.3 Å². The van der Waals surface area contributed by atoms with Gasteiger partial charge < -0.3 is 10.2 Å². The minimum absolute atomic E-state index is 0.655. The van der Waals surface area contributed by atoms with E-state index in [1.165, 1.54) is 36.9 Å². The van der Waals surface area contributed by atoms with E-state index in [9.17, 15) is 0 Å². The van der Waals surface area contributed by atoms with Gasteiger partial charge in [-0.05, 0) is 70.3 Å². The Morgan fingerprint density at radius 3 is 2.14 bits per heavy atom. The predicted octanol–water partition coefficient (Wildman–Crippen LogP) is 4.10. The summed E-state index contributed by atoms with van der Waals surface area (Å²) in [4.78, 5) is 2.41. The molecule has 0 atom stereocenters. The molecule has 0 saturated carbocycles. The van der Waals surface area contributed by atoms with Crippen LogP contribution in [0, 0.1) is 5.92 Å². The van der Waals surface area contributed by atoms with Gasteiger partial charge in [0.2, 0.25) is 0 Å². The van der Waals surface area contributed by atoms with Gasteiger partial charge in [0.05, 0.1) is 0 Å². The molecule has 2 nitrogen and oxygen atoms in total. The standard InChI is InChI=1S/C19H34N2/c1-16(2)14-18-8-10-19(11-9-18)15-20-12-6-7-13-21(5)17(3)4/h8-11,16-17,20H,6-7,12-15H2,1-5H3. The van der Waals surface area contributed by atoms with Gasteiger partial charge in [-0.3, -0.25) is 0 Å². The van der Waals surface area contributed by atoms with E-state index in [2.05, 4.69) is 69.2 Å². The zero-order valence-electron chi connectivity index (χ0n) is 14.7. The van der Waals surface area contributed by atoms with E-state index >= 15 is 0 Å². The molecule has 1 N–H and O–H groups in total. The highest BCUT2D eigenvalue weighted by molar-refractivity contribution is 5.22. The minimum Gasteiger partial charge on any atom is -0.313 e. The van der Waals surface area contributed by atoms with Crippen molar-refractivity contribution in [3.8, 4) is 0 Å². The van der Waals surface area contributed by atoms with E-state index in [1.54, 1.807) is 0 Å². The Kier molecular flexibility index (Phi) is 8.63. The highest BCUT2D eigenvalue weighted by atomic mass is 15.1. The molecule has 21 heavy (non-hydrogen) atoms. The van der Waals surface area contributed by atoms with Gasteiger partial charge in [-0.1, -0.05) is 38.1 Å². The Bertz CT molecular complexity index is 368. The summed E-state index contributed by atoms with van der Waals surface area (Å²) in [5.74, 6) is 0.734. The summed E-state index contributed by atoms with van der Waals surface area (Å²) < 4.78 is 0. The monoisotopic (exact) mass is 290 g/mol. The Morgan fingerprint density at radius 2 is 1.57 bits per heavy atom. The van der Waals surface area contributed by atoms with E-state index in [1.807, 2.05) is 0 Å². The van der Waals surface area contributed by atoms with Crippen LogP contribution in [-0.4, -0.2) is 31.1 Å². The molecule has 0 unspecified atom stereocenters. The van der Waals surface area contributed by atoms with Gasteiger partial charge in [0, 0.05) is 12.6 Å². The van der Waals surface area contributed by atoms with Crippen LogP contribution in [0.5, 0.6) is 0 Å². The first-order valence-corrected chi connectivity index (χ1v) is 8.47. The smallest absolute Gasteiger partial charge is 0.0205 e. The summed E-state index contributed by atoms with van der Waals surface area (Å²) in [5, 5.41) is 3.55. The Morgan fingerprint density at radius 1 is 0.952 bits per heavy atom. The molecule has 1 rings (SSSR count). The van der Waals surface area contributed by atoms with Crippen molar-refractivity contribution in [3.05, 3.63) is 35.4 Å². The summed E-state index contributed by atoms with van der Waals surface area (Å²) in [6.45, 7) is 12.3. The molecule has 0 radical (unpaired) electrons. The lowest BCUT2D eigenvalue weighted by atomic mass is 10.0. The van der Waals surface area contributed by atoms with Crippen LogP contribution in [0.25, 0.3) is 0 Å². The number of hydrogen-bond acceptors (Lipinski definition) is 2. The van der Waals surface area contributed by atoms with Gasteiger partial charge in [0.25, 0.3) is 0 Å². The maximum Gasteiger partial charge on any atom is 0.0205 e. The fourth-order valence-electron chi connectivity index (χ4n) is 2.37. The average molecular weight is 290 g/mol. The van der Waals surface area contributed by atoms with Crippen LogP contribution in [0.2, 0.25) is 0 Å². The number of rotatable bonds is 10. The molecule has 0 spiro atoms. The number of benzene rings is 1. The average Bonchev–Trinajstić information content (AvgIpc) is 2.43. The van der Waals surface area contributed by atoms with Crippen molar-refractivity contribution >= 4 is 0 Å². The van der Waals surface area contributed by atoms with Crippen LogP contribution in [0.3, 0.4) is 0 Å². The summed E-state index contributed by atoms with van der Waals surface area (Å²) >= 11 is 0. The third-order valence-electron chi connectivity index (χ3n) is 3.99. The van der Waals surface area contributed by atoms with Crippen molar-refractivity contribution in [2.45, 2.75) is 59.5 Å². The Labute approximate surface area is 131 Å². The van der Waals surface area contributed by atoms with Crippen molar-refractivity contribution in [1.29, 1.82) is 0 Å². The lowest BCUT2D eigenvalue weighted by molar-refractivity contribution is 0.268. The van der Waals surface area contributed by atoms with Gasteiger partial charge >= 0.3 is 0 Å². The third kappa shape index (κ3) is 8.23. The molecule has 0 fully saturated rings. The molecule has 0 amide bonds. The molecule has 0 aliphatic rings. The van der Waals surface area contributed by atoms with E-state index in [4.69, 9.17) is 0 Å². The second-order valence-corrected chi connectivity index (χ2v) is 6.87. The van der Waals surface area contributed by atoms with E-state index in [0.717, 1.165) is 19.0 Å². The molecule has 120 valence electrons. The predicted molar refractivity (Wildman–Crippen MR) is 93.7 cm³/mol. The van der Waals surface area contributed by atoms with E-state index in [0.29, 0.717) is 6.04 Å². The number of hydrogen-bond donors (Lipinski definition) is 1. The molecule has 0 aliphatic carbocycles. The molecule has 0 bridgehead atoms. The van der Waals surface area contributed by atoms with Gasteiger partial charge in [0.15, 0.2) is 0 Å². The summed E-state index contributed by atoms with van der Waals surface area (Å²) in [6.07, 6.45) is 3.70. The summed E-state index contributed by atoms with van der Waals surface area (Å²) in [5.41, 5.74) is 2.84. The maximum atomic E-state index is 3.55. The van der Waals surface area contributed by atoms with Crippen LogP contribution in [0.15, 0.2) is 24.3 Å². The molecule has 0 saturated heterocycles. The Hall–Kier alpha value is -0.860. The zero-order valence-corrected chi connectivity index (χ0v) is 14.7. The molecule has 0 aromatic heterocycles. The lowest BCUT2D eigenvalue weighted by Crippen LogP contribution is -2.27. The first kappa shape index (κ1) is 18.2. The molecule has 0 heterocycles. The fourth-order valence-corrected chi connectivity index (χ4v) is 2.37. The largest absolute Gasteiger partial charge is 0.313 e. The van der Waals surface area contributed by atoms with Crippen LogP contribution < -0.4 is 5.32 Å². The summed E-state index contributed by atoms with van der Waals surface area (Å²) in [7, 11) is 2.21. The van der Waals surface area contributed by atoms with Crippen LogP contribution >= 0.6 is 0 Å². The van der Waals surface area contributed by atoms with Crippen molar-refractivity contribution in [3.63, 3.8) is 0 Å². The molecule has 1 aromatic rings. The quantitative estimate of drug-likeness (QED) is 0.653. The van der Waals surface area contributed by atoms with Gasteiger partial charge in [-0.15, -0.1) is 0 Å². The molecular formula is C19H34N2.